The molecule has 0 aliphatic heterocycles. The van der Waals surface area contributed by atoms with Crippen molar-refractivity contribution in [1.29, 1.82) is 0 Å². The maximum atomic E-state index is 13.5. The highest BCUT2D eigenvalue weighted by atomic mass is 19.1. The molecule has 0 radical (unpaired) electrons. The van der Waals surface area contributed by atoms with Gasteiger partial charge in [-0.3, -0.25) is 9.59 Å². The van der Waals surface area contributed by atoms with Crippen LogP contribution in [0, 0.1) is 5.82 Å². The van der Waals surface area contributed by atoms with E-state index in [4.69, 9.17) is 0 Å². The molecule has 0 aliphatic rings. The molecule has 6 nitrogen and oxygen atoms in total. The summed E-state index contributed by atoms with van der Waals surface area (Å²) >= 11 is 0. The van der Waals surface area contributed by atoms with Gasteiger partial charge in [0.25, 0.3) is 11.5 Å². The standard InChI is InChI=1S/C27H21FN4O2/c28-20-12-10-19(11-13-20)24(16-32-17-29-23-8-4-5-9-25(23)32)31-27(34)21-14-15-22(30-26(21)33)18-6-2-1-3-7-18/h1-15,17,24H,16H2,(H,30,33)(H,31,34). The van der Waals surface area contributed by atoms with Gasteiger partial charge in [0.1, 0.15) is 11.4 Å². The Morgan fingerprint density at radius 2 is 1.68 bits per heavy atom. The van der Waals surface area contributed by atoms with E-state index in [9.17, 15) is 14.0 Å². The fourth-order valence-electron chi connectivity index (χ4n) is 3.96. The topological polar surface area (TPSA) is 79.8 Å². The molecule has 168 valence electrons. The molecule has 0 saturated heterocycles. The van der Waals surface area contributed by atoms with Crippen LogP contribution in [-0.4, -0.2) is 20.4 Å². The number of fused-ring (bicyclic) bond motifs is 1. The fraction of sp³-hybridized carbons (Fsp3) is 0.0741. The summed E-state index contributed by atoms with van der Waals surface area (Å²) in [6, 6.07) is 25.7. The third kappa shape index (κ3) is 4.36. The summed E-state index contributed by atoms with van der Waals surface area (Å²) in [5, 5.41) is 2.94. The third-order valence-electron chi connectivity index (χ3n) is 5.72. The number of aromatic nitrogens is 3. The Morgan fingerprint density at radius 3 is 2.44 bits per heavy atom. The van der Waals surface area contributed by atoms with Crippen LogP contribution in [0.2, 0.25) is 0 Å². The van der Waals surface area contributed by atoms with Crippen LogP contribution in [0.3, 0.4) is 0 Å². The first-order chi connectivity index (χ1) is 16.6. The number of hydrogen-bond donors (Lipinski definition) is 2. The predicted octanol–water partition coefficient (Wildman–Crippen LogP) is 4.70. The molecule has 2 heterocycles. The Hall–Kier alpha value is -4.52. The van der Waals surface area contributed by atoms with Gasteiger partial charge in [0.05, 0.1) is 23.4 Å². The maximum absolute atomic E-state index is 13.5. The van der Waals surface area contributed by atoms with Gasteiger partial charge in [-0.05, 0) is 47.5 Å². The second-order valence-corrected chi connectivity index (χ2v) is 7.94. The summed E-state index contributed by atoms with van der Waals surface area (Å²) in [5.41, 5.74) is 3.45. The van der Waals surface area contributed by atoms with Gasteiger partial charge in [-0.25, -0.2) is 9.37 Å². The van der Waals surface area contributed by atoms with Crippen molar-refractivity contribution in [3.8, 4) is 11.3 Å². The van der Waals surface area contributed by atoms with Crippen molar-refractivity contribution < 1.29 is 9.18 Å². The van der Waals surface area contributed by atoms with Crippen molar-refractivity contribution in [2.45, 2.75) is 12.6 Å². The van der Waals surface area contributed by atoms with Crippen LogP contribution in [-0.2, 0) is 6.54 Å². The zero-order valence-corrected chi connectivity index (χ0v) is 18.1. The number of carbonyl (C=O) groups excluding carboxylic acids is 1. The van der Waals surface area contributed by atoms with Crippen LogP contribution in [0.15, 0.2) is 102 Å². The summed E-state index contributed by atoms with van der Waals surface area (Å²) in [7, 11) is 0. The molecule has 2 aromatic heterocycles. The summed E-state index contributed by atoms with van der Waals surface area (Å²) in [5.74, 6) is -0.880. The second-order valence-electron chi connectivity index (χ2n) is 7.94. The van der Waals surface area contributed by atoms with Crippen molar-refractivity contribution >= 4 is 16.9 Å². The Bertz CT molecular complexity index is 1510. The molecular weight excluding hydrogens is 431 g/mol. The second kappa shape index (κ2) is 9.15. The molecule has 5 aromatic rings. The number of H-pyrrole nitrogens is 1. The number of nitrogens with zero attached hydrogens (tertiary/aromatic N) is 2. The molecule has 2 N–H and O–H groups in total. The number of carbonyl (C=O) groups is 1. The quantitative estimate of drug-likeness (QED) is 0.392. The molecule has 5 rings (SSSR count). The van der Waals surface area contributed by atoms with Crippen molar-refractivity contribution in [3.05, 3.63) is 125 Å². The van der Waals surface area contributed by atoms with Crippen molar-refractivity contribution in [2.75, 3.05) is 0 Å². The normalized spacial score (nSPS) is 11.9. The lowest BCUT2D eigenvalue weighted by Crippen LogP contribution is -2.34. The minimum atomic E-state index is -0.515. The molecule has 0 aliphatic carbocycles. The predicted molar refractivity (Wildman–Crippen MR) is 129 cm³/mol. The maximum Gasteiger partial charge on any atom is 0.261 e. The van der Waals surface area contributed by atoms with E-state index in [1.807, 2.05) is 59.2 Å². The molecule has 0 spiro atoms. The average Bonchev–Trinajstić information content (AvgIpc) is 3.27. The molecule has 1 atom stereocenters. The average molecular weight is 452 g/mol. The van der Waals surface area contributed by atoms with E-state index >= 15 is 0 Å². The van der Waals surface area contributed by atoms with Crippen LogP contribution in [0.4, 0.5) is 4.39 Å². The SMILES string of the molecule is O=C(NC(Cn1cnc2ccccc21)c1ccc(F)cc1)c1ccc(-c2ccccc2)[nH]c1=O. The molecule has 0 fully saturated rings. The molecule has 0 saturated carbocycles. The number of hydrogen-bond acceptors (Lipinski definition) is 3. The fourth-order valence-corrected chi connectivity index (χ4v) is 3.96. The molecule has 1 amide bonds. The van der Waals surface area contributed by atoms with E-state index in [-0.39, 0.29) is 11.4 Å². The number of rotatable bonds is 6. The molecule has 1 unspecified atom stereocenters. The number of nitrogens with one attached hydrogen (secondary N) is 2. The first kappa shape index (κ1) is 21.3. The van der Waals surface area contributed by atoms with Crippen molar-refractivity contribution in [3.63, 3.8) is 0 Å². The number of para-hydroxylation sites is 2. The minimum absolute atomic E-state index is 0.00211. The Kier molecular flexibility index (Phi) is 5.74. The van der Waals surface area contributed by atoms with Crippen LogP contribution < -0.4 is 10.9 Å². The number of amides is 1. The molecule has 34 heavy (non-hydrogen) atoms. The van der Waals surface area contributed by atoms with Crippen LogP contribution in [0.1, 0.15) is 22.0 Å². The number of halogens is 1. The van der Waals surface area contributed by atoms with Gasteiger partial charge < -0.3 is 14.9 Å². The number of imidazole rings is 1. The summed E-state index contributed by atoms with van der Waals surface area (Å²) in [4.78, 5) is 33.0. The van der Waals surface area contributed by atoms with Gasteiger partial charge in [-0.1, -0.05) is 54.6 Å². The van der Waals surface area contributed by atoms with Crippen LogP contribution in [0.25, 0.3) is 22.3 Å². The minimum Gasteiger partial charge on any atom is -0.343 e. The van der Waals surface area contributed by atoms with Gasteiger partial charge in [0.2, 0.25) is 0 Å². The van der Waals surface area contributed by atoms with Crippen molar-refractivity contribution in [2.24, 2.45) is 0 Å². The molecule has 7 heteroatoms. The lowest BCUT2D eigenvalue weighted by Gasteiger charge is -2.20. The van der Waals surface area contributed by atoms with E-state index in [2.05, 4.69) is 15.3 Å². The van der Waals surface area contributed by atoms with Gasteiger partial charge >= 0.3 is 0 Å². The highest BCUT2D eigenvalue weighted by molar-refractivity contribution is 5.94. The Morgan fingerprint density at radius 1 is 0.941 bits per heavy atom. The van der Waals surface area contributed by atoms with Crippen LogP contribution >= 0.6 is 0 Å². The van der Waals surface area contributed by atoms with Crippen molar-refractivity contribution in [1.82, 2.24) is 19.9 Å². The lowest BCUT2D eigenvalue weighted by molar-refractivity contribution is 0.0931. The van der Waals surface area contributed by atoms with E-state index in [1.165, 1.54) is 18.2 Å². The van der Waals surface area contributed by atoms with E-state index < -0.39 is 17.5 Å². The monoisotopic (exact) mass is 452 g/mol. The largest absolute Gasteiger partial charge is 0.343 e. The highest BCUT2D eigenvalue weighted by Crippen LogP contribution is 2.21. The number of aromatic amines is 1. The third-order valence-corrected chi connectivity index (χ3v) is 5.72. The van der Waals surface area contributed by atoms with Gasteiger partial charge in [0.15, 0.2) is 0 Å². The molecule has 0 bridgehead atoms. The van der Waals surface area contributed by atoms with Gasteiger partial charge in [-0.2, -0.15) is 0 Å². The van der Waals surface area contributed by atoms with E-state index in [1.54, 1.807) is 24.5 Å². The lowest BCUT2D eigenvalue weighted by atomic mass is 10.1. The first-order valence-corrected chi connectivity index (χ1v) is 10.8. The number of pyridine rings is 1. The van der Waals surface area contributed by atoms with Gasteiger partial charge in [0, 0.05) is 12.2 Å². The zero-order valence-electron chi connectivity index (χ0n) is 18.1. The van der Waals surface area contributed by atoms with Crippen LogP contribution in [0.5, 0.6) is 0 Å². The number of benzene rings is 3. The Labute approximate surface area is 194 Å². The smallest absolute Gasteiger partial charge is 0.261 e. The zero-order chi connectivity index (χ0) is 23.5. The summed E-state index contributed by atoms with van der Waals surface area (Å²) in [6.07, 6.45) is 1.70. The van der Waals surface area contributed by atoms with Gasteiger partial charge in [-0.15, -0.1) is 0 Å². The first-order valence-electron chi connectivity index (χ1n) is 10.8. The summed E-state index contributed by atoms with van der Waals surface area (Å²) < 4.78 is 15.5. The Balaban J connectivity index is 1.44. The molecule has 3 aromatic carbocycles. The molecular formula is C27H21FN4O2. The summed E-state index contributed by atoms with van der Waals surface area (Å²) in [6.45, 7) is 0.359. The van der Waals surface area contributed by atoms with E-state index in [0.29, 0.717) is 17.8 Å². The van der Waals surface area contributed by atoms with E-state index in [0.717, 1.165) is 16.6 Å². The highest BCUT2D eigenvalue weighted by Gasteiger charge is 2.20.